The van der Waals surface area contributed by atoms with Crippen LogP contribution in [0.5, 0.6) is 0 Å². The molecule has 1 aliphatic heterocycles. The van der Waals surface area contributed by atoms with Crippen LogP contribution in [0.15, 0.2) is 10.2 Å². The average molecular weight is 227 g/mol. The number of rotatable bonds is 4. The van der Waals surface area contributed by atoms with Gasteiger partial charge in [0.25, 0.3) is 0 Å². The first-order chi connectivity index (χ1) is 7.24. The van der Waals surface area contributed by atoms with E-state index in [-0.39, 0.29) is 16.8 Å². The third kappa shape index (κ3) is 2.90. The fraction of sp³-hybridized carbons (Fsp3) is 0.556. The highest BCUT2D eigenvalue weighted by Gasteiger charge is 2.19. The zero-order valence-corrected chi connectivity index (χ0v) is 9.02. The quantitative estimate of drug-likeness (QED) is 0.667. The van der Waals surface area contributed by atoms with Gasteiger partial charge in [-0.2, -0.15) is 0 Å². The Morgan fingerprint density at radius 1 is 1.53 bits per heavy atom. The molecule has 6 heteroatoms. The molecule has 1 saturated heterocycles. The number of carbonyl (C=O) groups is 1. The first kappa shape index (κ1) is 10.4. The Labute approximate surface area is 90.9 Å². The van der Waals surface area contributed by atoms with E-state index in [4.69, 9.17) is 0 Å². The van der Waals surface area contributed by atoms with Crippen molar-refractivity contribution in [2.45, 2.75) is 25.4 Å². The molecule has 2 rings (SSSR count). The van der Waals surface area contributed by atoms with Crippen molar-refractivity contribution in [2.24, 2.45) is 0 Å². The third-order valence-electron chi connectivity index (χ3n) is 2.36. The number of carbonyl (C=O) groups excluding carboxylic acids is 1. The van der Waals surface area contributed by atoms with Crippen LogP contribution in [0.2, 0.25) is 0 Å². The van der Waals surface area contributed by atoms with Gasteiger partial charge in [0.2, 0.25) is 5.91 Å². The van der Waals surface area contributed by atoms with Crippen LogP contribution in [0.3, 0.4) is 0 Å². The third-order valence-corrected chi connectivity index (χ3v) is 3.08. The summed E-state index contributed by atoms with van der Waals surface area (Å²) in [6.45, 7) is 1.40. The smallest absolute Gasteiger partial charge is 0.304 e. The first-order valence-electron chi connectivity index (χ1n) is 4.91. The van der Waals surface area contributed by atoms with Gasteiger partial charge in [0.15, 0.2) is 0 Å². The van der Waals surface area contributed by atoms with E-state index < -0.39 is 0 Å². The number of H-pyrrole nitrogens is 1. The molecule has 0 bridgehead atoms. The van der Waals surface area contributed by atoms with Crippen molar-refractivity contribution in [1.82, 2.24) is 15.6 Å². The number of hydrogen-bond acceptors (Lipinski definition) is 4. The zero-order chi connectivity index (χ0) is 10.7. The van der Waals surface area contributed by atoms with Gasteiger partial charge in [0.1, 0.15) is 0 Å². The number of thiazole rings is 1. The Morgan fingerprint density at radius 3 is 3.00 bits per heavy atom. The molecule has 5 nitrogen and oxygen atoms in total. The molecule has 1 aromatic rings. The van der Waals surface area contributed by atoms with Crippen LogP contribution in [0.25, 0.3) is 0 Å². The highest BCUT2D eigenvalue weighted by Crippen LogP contribution is 2.05. The van der Waals surface area contributed by atoms with E-state index in [1.54, 1.807) is 0 Å². The predicted molar refractivity (Wildman–Crippen MR) is 57.8 cm³/mol. The van der Waals surface area contributed by atoms with Crippen molar-refractivity contribution < 1.29 is 4.79 Å². The summed E-state index contributed by atoms with van der Waals surface area (Å²) in [5.74, 6) is 0.130. The van der Waals surface area contributed by atoms with Gasteiger partial charge in [-0.15, -0.1) is 0 Å². The van der Waals surface area contributed by atoms with Gasteiger partial charge >= 0.3 is 4.87 Å². The van der Waals surface area contributed by atoms with Gasteiger partial charge in [-0.05, 0) is 6.42 Å². The van der Waals surface area contributed by atoms with Crippen LogP contribution in [0.1, 0.15) is 18.5 Å². The second-order valence-corrected chi connectivity index (χ2v) is 4.45. The Morgan fingerprint density at radius 2 is 2.40 bits per heavy atom. The molecule has 1 aliphatic rings. The lowest BCUT2D eigenvalue weighted by atomic mass is 10.2. The molecule has 1 aromatic heterocycles. The maximum atomic E-state index is 10.9. The van der Waals surface area contributed by atoms with E-state index in [2.05, 4.69) is 15.6 Å². The van der Waals surface area contributed by atoms with Gasteiger partial charge < -0.3 is 15.6 Å². The van der Waals surface area contributed by atoms with E-state index in [1.165, 1.54) is 11.3 Å². The van der Waals surface area contributed by atoms with Crippen LogP contribution < -0.4 is 15.5 Å². The molecule has 15 heavy (non-hydrogen) atoms. The molecule has 82 valence electrons. The summed E-state index contributed by atoms with van der Waals surface area (Å²) >= 11 is 1.17. The number of hydrogen-bond donors (Lipinski definition) is 3. The van der Waals surface area contributed by atoms with Crippen molar-refractivity contribution >= 4 is 17.2 Å². The predicted octanol–water partition coefficient (Wildman–Crippen LogP) is -0.195. The van der Waals surface area contributed by atoms with E-state index in [0.29, 0.717) is 13.0 Å². The molecule has 1 amide bonds. The van der Waals surface area contributed by atoms with Crippen molar-refractivity contribution in [3.8, 4) is 0 Å². The summed E-state index contributed by atoms with van der Waals surface area (Å²) in [5.41, 5.74) is 0.898. The van der Waals surface area contributed by atoms with Gasteiger partial charge in [-0.25, -0.2) is 0 Å². The maximum Gasteiger partial charge on any atom is 0.304 e. The Bertz CT molecular complexity index is 398. The largest absolute Gasteiger partial charge is 0.352 e. The highest BCUT2D eigenvalue weighted by atomic mass is 32.1. The van der Waals surface area contributed by atoms with Gasteiger partial charge in [-0.1, -0.05) is 11.3 Å². The minimum absolute atomic E-state index is 0.0269. The van der Waals surface area contributed by atoms with E-state index in [0.717, 1.165) is 18.7 Å². The minimum Gasteiger partial charge on any atom is -0.352 e. The molecule has 0 aliphatic carbocycles. The summed E-state index contributed by atoms with van der Waals surface area (Å²) in [7, 11) is 0. The summed E-state index contributed by atoms with van der Waals surface area (Å²) in [6.07, 6.45) is 1.52. The average Bonchev–Trinajstić information content (AvgIpc) is 2.76. The van der Waals surface area contributed by atoms with Crippen LogP contribution in [-0.2, 0) is 11.3 Å². The van der Waals surface area contributed by atoms with Crippen molar-refractivity contribution in [1.29, 1.82) is 0 Å². The standard InChI is InChI=1S/C9H13N3O2S/c13-8-2-1-6(11-8)3-10-4-7-5-15-9(14)12-7/h5-6,10H,1-4H2,(H,11,13)(H,12,14). The van der Waals surface area contributed by atoms with Gasteiger partial charge in [-0.3, -0.25) is 9.59 Å². The molecule has 0 radical (unpaired) electrons. The lowest BCUT2D eigenvalue weighted by Gasteiger charge is -2.10. The van der Waals surface area contributed by atoms with Crippen molar-refractivity contribution in [3.63, 3.8) is 0 Å². The highest BCUT2D eigenvalue weighted by molar-refractivity contribution is 7.07. The number of amides is 1. The molecule has 3 N–H and O–H groups in total. The summed E-state index contributed by atoms with van der Waals surface area (Å²) < 4.78 is 0. The zero-order valence-electron chi connectivity index (χ0n) is 8.21. The number of aromatic nitrogens is 1. The minimum atomic E-state index is -0.0269. The van der Waals surface area contributed by atoms with Gasteiger partial charge in [0.05, 0.1) is 0 Å². The second-order valence-electron chi connectivity index (χ2n) is 3.61. The lowest BCUT2D eigenvalue weighted by Crippen LogP contribution is -2.35. The van der Waals surface area contributed by atoms with Crippen molar-refractivity contribution in [2.75, 3.05) is 6.54 Å². The van der Waals surface area contributed by atoms with Crippen LogP contribution in [0.4, 0.5) is 0 Å². The van der Waals surface area contributed by atoms with E-state index in [9.17, 15) is 9.59 Å². The SMILES string of the molecule is O=C1CCC(CNCc2csc(=O)[nH]2)N1. The molecular formula is C9H13N3O2S. The summed E-state index contributed by atoms with van der Waals surface area (Å²) in [6, 6.07) is 0.239. The van der Waals surface area contributed by atoms with E-state index in [1.807, 2.05) is 5.38 Å². The molecule has 0 aromatic carbocycles. The topological polar surface area (TPSA) is 74.0 Å². The number of aromatic amines is 1. The molecule has 0 saturated carbocycles. The first-order valence-corrected chi connectivity index (χ1v) is 5.79. The van der Waals surface area contributed by atoms with E-state index >= 15 is 0 Å². The molecule has 0 spiro atoms. The molecule has 2 heterocycles. The van der Waals surface area contributed by atoms with Gasteiger partial charge in [0, 0.05) is 36.6 Å². The molecule has 1 atom stereocenters. The summed E-state index contributed by atoms with van der Waals surface area (Å²) in [4.78, 5) is 24.4. The Kier molecular flexibility index (Phi) is 3.17. The fourth-order valence-electron chi connectivity index (χ4n) is 1.61. The lowest BCUT2D eigenvalue weighted by molar-refractivity contribution is -0.119. The van der Waals surface area contributed by atoms with Crippen molar-refractivity contribution in [3.05, 3.63) is 20.7 Å². The Hall–Kier alpha value is -1.14. The normalized spacial score (nSPS) is 20.5. The van der Waals surface area contributed by atoms with Crippen LogP contribution in [-0.4, -0.2) is 23.5 Å². The molecule has 1 fully saturated rings. The van der Waals surface area contributed by atoms with Crippen LogP contribution in [0, 0.1) is 0 Å². The number of nitrogens with one attached hydrogen (secondary N) is 3. The molecule has 1 unspecified atom stereocenters. The monoisotopic (exact) mass is 227 g/mol. The molecular weight excluding hydrogens is 214 g/mol. The fourth-order valence-corrected chi connectivity index (χ4v) is 2.19. The summed E-state index contributed by atoms with van der Waals surface area (Å²) in [5, 5.41) is 7.88. The maximum absolute atomic E-state index is 10.9. The second kappa shape index (κ2) is 4.59. The van der Waals surface area contributed by atoms with Crippen LogP contribution >= 0.6 is 11.3 Å². The Balaban J connectivity index is 1.71.